The highest BCUT2D eigenvalue weighted by Crippen LogP contribution is 2.12. The van der Waals surface area contributed by atoms with Crippen molar-refractivity contribution in [2.24, 2.45) is 0 Å². The maximum absolute atomic E-state index is 11.5. The van der Waals surface area contributed by atoms with Crippen molar-refractivity contribution in [2.75, 3.05) is 6.54 Å². The van der Waals surface area contributed by atoms with Gasteiger partial charge in [-0.05, 0) is 19.9 Å². The number of furan rings is 1. The van der Waals surface area contributed by atoms with Gasteiger partial charge >= 0.3 is 0 Å². The Labute approximate surface area is 83.5 Å². The number of amides is 1. The Morgan fingerprint density at radius 3 is 2.86 bits per heavy atom. The zero-order chi connectivity index (χ0) is 10.6. The van der Waals surface area contributed by atoms with Gasteiger partial charge in [-0.2, -0.15) is 0 Å². The predicted octanol–water partition coefficient (Wildman–Crippen LogP) is 1.65. The number of rotatable bonds is 3. The van der Waals surface area contributed by atoms with Crippen molar-refractivity contribution in [3.05, 3.63) is 23.2 Å². The van der Waals surface area contributed by atoms with Crippen LogP contribution in [0, 0.1) is 26.2 Å². The standard InChI is InChI=1S/C11H13NO2/c1-4-5-6-12-11(13)10-7-8(2)14-9(10)3/h1,7H,5-6H2,2-3H3,(H,12,13). The maximum atomic E-state index is 11.5. The van der Waals surface area contributed by atoms with E-state index in [0.29, 0.717) is 24.3 Å². The fraction of sp³-hybridized carbons (Fsp3) is 0.364. The van der Waals surface area contributed by atoms with Crippen LogP contribution in [0.1, 0.15) is 28.3 Å². The lowest BCUT2D eigenvalue weighted by Crippen LogP contribution is -2.24. The second-order valence-corrected chi connectivity index (χ2v) is 3.04. The fourth-order valence-electron chi connectivity index (χ4n) is 1.20. The van der Waals surface area contributed by atoms with Gasteiger partial charge in [-0.1, -0.05) is 0 Å². The Bertz CT molecular complexity index is 371. The second-order valence-electron chi connectivity index (χ2n) is 3.04. The van der Waals surface area contributed by atoms with Gasteiger partial charge < -0.3 is 9.73 Å². The second kappa shape index (κ2) is 4.52. The minimum atomic E-state index is -0.130. The molecule has 1 aromatic heterocycles. The lowest BCUT2D eigenvalue weighted by Gasteiger charge is -2.00. The molecule has 1 rings (SSSR count). The molecule has 0 aliphatic carbocycles. The topological polar surface area (TPSA) is 42.2 Å². The van der Waals surface area contributed by atoms with Crippen LogP contribution in [0.2, 0.25) is 0 Å². The number of nitrogens with one attached hydrogen (secondary N) is 1. The van der Waals surface area contributed by atoms with Crippen LogP contribution < -0.4 is 5.32 Å². The average molecular weight is 191 g/mol. The molecule has 3 heteroatoms. The van der Waals surface area contributed by atoms with Crippen molar-refractivity contribution in [1.29, 1.82) is 0 Å². The fourth-order valence-corrected chi connectivity index (χ4v) is 1.20. The molecule has 0 aromatic carbocycles. The van der Waals surface area contributed by atoms with E-state index in [0.717, 1.165) is 5.76 Å². The van der Waals surface area contributed by atoms with Crippen LogP contribution in [0.4, 0.5) is 0 Å². The summed E-state index contributed by atoms with van der Waals surface area (Å²) in [6, 6.07) is 1.72. The Balaban J connectivity index is 2.61. The van der Waals surface area contributed by atoms with Gasteiger partial charge in [-0.3, -0.25) is 4.79 Å². The van der Waals surface area contributed by atoms with Crippen LogP contribution in [0.25, 0.3) is 0 Å². The third-order valence-electron chi connectivity index (χ3n) is 1.84. The lowest BCUT2D eigenvalue weighted by molar-refractivity contribution is 0.0953. The molecule has 0 aliphatic rings. The van der Waals surface area contributed by atoms with Crippen molar-refractivity contribution in [1.82, 2.24) is 5.32 Å². The predicted molar refractivity (Wildman–Crippen MR) is 54.0 cm³/mol. The van der Waals surface area contributed by atoms with Crippen LogP contribution in [0.5, 0.6) is 0 Å². The summed E-state index contributed by atoms with van der Waals surface area (Å²) in [7, 11) is 0. The Morgan fingerprint density at radius 1 is 1.64 bits per heavy atom. The van der Waals surface area contributed by atoms with Gasteiger partial charge in [0.2, 0.25) is 0 Å². The monoisotopic (exact) mass is 191 g/mol. The summed E-state index contributed by atoms with van der Waals surface area (Å²) < 4.78 is 5.24. The van der Waals surface area contributed by atoms with E-state index in [9.17, 15) is 4.79 Å². The molecule has 14 heavy (non-hydrogen) atoms. The first-order valence-corrected chi connectivity index (χ1v) is 4.44. The minimum Gasteiger partial charge on any atom is -0.466 e. The molecule has 0 saturated heterocycles. The SMILES string of the molecule is C#CCCNC(=O)c1cc(C)oc1C. The maximum Gasteiger partial charge on any atom is 0.254 e. The molecule has 0 spiro atoms. The molecule has 0 saturated carbocycles. The van der Waals surface area contributed by atoms with Crippen molar-refractivity contribution in [2.45, 2.75) is 20.3 Å². The summed E-state index contributed by atoms with van der Waals surface area (Å²) >= 11 is 0. The smallest absolute Gasteiger partial charge is 0.254 e. The highest BCUT2D eigenvalue weighted by Gasteiger charge is 2.11. The molecule has 1 heterocycles. The molecule has 1 aromatic rings. The molecule has 0 unspecified atom stereocenters. The normalized spacial score (nSPS) is 9.50. The Morgan fingerprint density at radius 2 is 2.36 bits per heavy atom. The Kier molecular flexibility index (Phi) is 3.35. The molecule has 3 nitrogen and oxygen atoms in total. The van der Waals surface area contributed by atoms with E-state index in [-0.39, 0.29) is 5.91 Å². The molecular formula is C11H13NO2. The summed E-state index contributed by atoms with van der Waals surface area (Å²) in [5.74, 6) is 3.71. The zero-order valence-electron chi connectivity index (χ0n) is 8.39. The third-order valence-corrected chi connectivity index (χ3v) is 1.84. The van der Waals surface area contributed by atoms with Crippen LogP contribution in [0.15, 0.2) is 10.5 Å². The van der Waals surface area contributed by atoms with E-state index in [1.807, 2.05) is 6.92 Å². The molecule has 1 N–H and O–H groups in total. The summed E-state index contributed by atoms with van der Waals surface area (Å²) in [6.45, 7) is 4.08. The number of aryl methyl sites for hydroxylation is 2. The number of hydrogen-bond donors (Lipinski definition) is 1. The average Bonchev–Trinajstić information content (AvgIpc) is 2.45. The van der Waals surface area contributed by atoms with Crippen LogP contribution in [-0.2, 0) is 0 Å². The van der Waals surface area contributed by atoms with Gasteiger partial charge in [-0.15, -0.1) is 12.3 Å². The van der Waals surface area contributed by atoms with E-state index in [1.165, 1.54) is 0 Å². The molecular weight excluding hydrogens is 178 g/mol. The molecule has 0 atom stereocenters. The van der Waals surface area contributed by atoms with Gasteiger partial charge in [-0.25, -0.2) is 0 Å². The first kappa shape index (κ1) is 10.4. The lowest BCUT2D eigenvalue weighted by atomic mass is 10.2. The van der Waals surface area contributed by atoms with Crippen molar-refractivity contribution in [3.63, 3.8) is 0 Å². The number of carbonyl (C=O) groups is 1. The van der Waals surface area contributed by atoms with E-state index in [4.69, 9.17) is 10.8 Å². The van der Waals surface area contributed by atoms with Crippen molar-refractivity contribution >= 4 is 5.91 Å². The molecule has 0 fully saturated rings. The zero-order valence-corrected chi connectivity index (χ0v) is 8.39. The van der Waals surface area contributed by atoms with E-state index < -0.39 is 0 Å². The van der Waals surface area contributed by atoms with Crippen molar-refractivity contribution in [3.8, 4) is 12.3 Å². The first-order valence-electron chi connectivity index (χ1n) is 4.44. The highest BCUT2D eigenvalue weighted by atomic mass is 16.3. The quantitative estimate of drug-likeness (QED) is 0.583. The third kappa shape index (κ3) is 2.40. The van der Waals surface area contributed by atoms with Crippen LogP contribution in [0.3, 0.4) is 0 Å². The molecule has 1 amide bonds. The minimum absolute atomic E-state index is 0.130. The van der Waals surface area contributed by atoms with Crippen LogP contribution >= 0.6 is 0 Å². The largest absolute Gasteiger partial charge is 0.466 e. The first-order chi connectivity index (χ1) is 6.65. The van der Waals surface area contributed by atoms with E-state index in [2.05, 4.69) is 11.2 Å². The summed E-state index contributed by atoms with van der Waals surface area (Å²) in [6.07, 6.45) is 5.61. The van der Waals surface area contributed by atoms with Gasteiger partial charge in [0.15, 0.2) is 0 Å². The molecule has 0 bridgehead atoms. The summed E-state index contributed by atoms with van der Waals surface area (Å²) in [5, 5.41) is 2.71. The van der Waals surface area contributed by atoms with Gasteiger partial charge in [0.25, 0.3) is 5.91 Å². The summed E-state index contributed by atoms with van der Waals surface area (Å²) in [4.78, 5) is 11.5. The van der Waals surface area contributed by atoms with Gasteiger partial charge in [0, 0.05) is 13.0 Å². The molecule has 0 aliphatic heterocycles. The number of hydrogen-bond acceptors (Lipinski definition) is 2. The van der Waals surface area contributed by atoms with E-state index in [1.54, 1.807) is 13.0 Å². The molecule has 0 radical (unpaired) electrons. The Hall–Kier alpha value is -1.69. The molecule has 74 valence electrons. The van der Waals surface area contributed by atoms with Crippen molar-refractivity contribution < 1.29 is 9.21 Å². The number of carbonyl (C=O) groups excluding carboxylic acids is 1. The van der Waals surface area contributed by atoms with E-state index >= 15 is 0 Å². The van der Waals surface area contributed by atoms with Crippen LogP contribution in [-0.4, -0.2) is 12.5 Å². The number of terminal acetylenes is 1. The van der Waals surface area contributed by atoms with Gasteiger partial charge in [0.05, 0.1) is 5.56 Å². The van der Waals surface area contributed by atoms with Gasteiger partial charge in [0.1, 0.15) is 11.5 Å². The summed E-state index contributed by atoms with van der Waals surface area (Å²) in [5.41, 5.74) is 0.583. The highest BCUT2D eigenvalue weighted by molar-refractivity contribution is 5.95.